The molecular weight excluding hydrogens is 849 g/mol. The molecule has 17 nitrogen and oxygen atoms in total. The minimum atomic E-state index is -1.76. The number of hydrogen-bond donors (Lipinski definition) is 11. The lowest BCUT2D eigenvalue weighted by Crippen LogP contribution is -2.66. The first-order chi connectivity index (χ1) is 30.3. The second kappa shape index (κ2) is 17.6. The monoisotopic (exact) mass is 927 g/mol. The number of rotatable bonds is 9. The molecule has 8 rings (SSSR count). The summed E-state index contributed by atoms with van der Waals surface area (Å²) in [6.45, 7) is 16.2. The standard InChI is InChI=1S/C48H78O17/c1-22-31(52)33(54)37(58)41(61-22)65-39-26(20-60-40-36(57)34(55)32(53)25(19-49)62-40)63-42(38(59)35(39)56)64-30-12-13-45(6)27(44(30,4)5)11-14-46(7)28(45)10-9-23-24-17-43(2,3)15-16-48(24,21-50)29(51)18-47(23,46)8/h9-10,22,25-42,49-59H,11-21H2,1-8H3/t22-,25+,26+,27-,28+,29+,30-,31-,32+,33+,34-,35+,36+,37+,38+,39+,40+,41-,42-,45-,46+,47+,48+/m0/s1. The molecule has 372 valence electrons. The maximum absolute atomic E-state index is 12.1. The topological polar surface area (TPSA) is 278 Å². The van der Waals surface area contributed by atoms with Gasteiger partial charge in [0, 0.05) is 10.8 Å². The summed E-state index contributed by atoms with van der Waals surface area (Å²) in [5, 5.41) is 119. The fourth-order valence-corrected chi connectivity index (χ4v) is 14.4. The van der Waals surface area contributed by atoms with Crippen molar-refractivity contribution in [3.63, 3.8) is 0 Å². The molecule has 0 aromatic heterocycles. The van der Waals surface area contributed by atoms with Crippen molar-refractivity contribution in [3.8, 4) is 0 Å². The quantitative estimate of drug-likeness (QED) is 0.141. The second-order valence-electron chi connectivity index (χ2n) is 23.3. The van der Waals surface area contributed by atoms with Crippen molar-refractivity contribution in [1.29, 1.82) is 0 Å². The molecule has 6 fully saturated rings. The van der Waals surface area contributed by atoms with E-state index in [1.54, 1.807) is 0 Å². The summed E-state index contributed by atoms with van der Waals surface area (Å²) < 4.78 is 36.2. The highest BCUT2D eigenvalue weighted by atomic mass is 16.8. The van der Waals surface area contributed by atoms with Crippen LogP contribution in [-0.4, -0.2) is 180 Å². The van der Waals surface area contributed by atoms with Crippen LogP contribution in [0.1, 0.15) is 107 Å². The van der Waals surface area contributed by atoms with Crippen molar-refractivity contribution in [2.75, 3.05) is 19.8 Å². The minimum absolute atomic E-state index is 0.0621. The van der Waals surface area contributed by atoms with E-state index in [4.69, 9.17) is 28.4 Å². The molecule has 0 unspecified atom stereocenters. The van der Waals surface area contributed by atoms with Crippen LogP contribution in [0.5, 0.6) is 0 Å². The molecule has 0 aromatic rings. The highest BCUT2D eigenvalue weighted by molar-refractivity contribution is 5.47. The highest BCUT2D eigenvalue weighted by Gasteiger charge is 2.68. The number of hydrogen-bond acceptors (Lipinski definition) is 17. The fraction of sp³-hybridized carbons (Fsp3) is 0.917. The molecule has 0 aromatic carbocycles. The Hall–Kier alpha value is -1.20. The zero-order chi connectivity index (χ0) is 47.6. The van der Waals surface area contributed by atoms with Gasteiger partial charge < -0.3 is 84.6 Å². The molecule has 65 heavy (non-hydrogen) atoms. The van der Waals surface area contributed by atoms with Crippen molar-refractivity contribution < 1.29 is 84.6 Å². The Morgan fingerprint density at radius 3 is 1.97 bits per heavy atom. The van der Waals surface area contributed by atoms with Gasteiger partial charge in [0.15, 0.2) is 18.9 Å². The van der Waals surface area contributed by atoms with E-state index in [-0.39, 0.29) is 40.1 Å². The van der Waals surface area contributed by atoms with E-state index >= 15 is 0 Å². The summed E-state index contributed by atoms with van der Waals surface area (Å²) in [5.41, 5.74) is 0.777. The van der Waals surface area contributed by atoms with E-state index in [2.05, 4.69) is 60.6 Å². The molecule has 3 saturated carbocycles. The van der Waals surface area contributed by atoms with Crippen LogP contribution in [0.4, 0.5) is 0 Å². The molecule has 0 radical (unpaired) electrons. The van der Waals surface area contributed by atoms with Crippen LogP contribution in [-0.2, 0) is 28.4 Å². The molecule has 0 bridgehead atoms. The van der Waals surface area contributed by atoms with Crippen LogP contribution in [0.2, 0.25) is 0 Å². The van der Waals surface area contributed by atoms with Gasteiger partial charge in [-0.1, -0.05) is 66.2 Å². The largest absolute Gasteiger partial charge is 0.395 e. The smallest absolute Gasteiger partial charge is 0.187 e. The maximum atomic E-state index is 12.1. The predicted molar refractivity (Wildman–Crippen MR) is 230 cm³/mol. The maximum Gasteiger partial charge on any atom is 0.187 e. The van der Waals surface area contributed by atoms with Crippen molar-refractivity contribution in [3.05, 3.63) is 23.3 Å². The third-order valence-corrected chi connectivity index (χ3v) is 18.8. The molecule has 0 amide bonds. The van der Waals surface area contributed by atoms with Gasteiger partial charge in [-0.05, 0) is 97.4 Å². The van der Waals surface area contributed by atoms with Crippen LogP contribution in [0, 0.1) is 44.3 Å². The Balaban J connectivity index is 1.04. The minimum Gasteiger partial charge on any atom is -0.395 e. The van der Waals surface area contributed by atoms with E-state index < -0.39 is 128 Å². The Morgan fingerprint density at radius 2 is 1.29 bits per heavy atom. The SMILES string of the molecule is C[C@@H]1O[C@@H](O[C@H]2[C@H](O)[C@@H](O)[C@H](O[C@H]3CC[C@]4(C)[C@H]5C=CC6=C7CC(C)(C)CC[C@]7(CO)[C@H](O)C[C@@]6(C)[C@]5(C)CC[C@H]4C3(C)C)O[C@@H]2CO[C@@H]2O[C@H](CO)[C@@H](O)[C@H](O)[C@H]2O)[C@H](O)[C@H](O)[C@H]1O. The van der Waals surface area contributed by atoms with E-state index in [0.717, 1.165) is 38.5 Å². The van der Waals surface area contributed by atoms with Crippen LogP contribution >= 0.6 is 0 Å². The van der Waals surface area contributed by atoms with Gasteiger partial charge in [0.25, 0.3) is 0 Å². The zero-order valence-corrected chi connectivity index (χ0v) is 39.3. The number of aliphatic hydroxyl groups excluding tert-OH is 11. The van der Waals surface area contributed by atoms with Crippen molar-refractivity contribution >= 4 is 0 Å². The molecule has 17 heteroatoms. The molecule has 0 spiro atoms. The number of allylic oxidation sites excluding steroid dienone is 3. The summed E-state index contributed by atoms with van der Waals surface area (Å²) in [4.78, 5) is 0. The second-order valence-corrected chi connectivity index (χ2v) is 23.3. The zero-order valence-electron chi connectivity index (χ0n) is 39.3. The molecule has 3 saturated heterocycles. The van der Waals surface area contributed by atoms with E-state index in [1.807, 2.05) is 0 Å². The van der Waals surface area contributed by atoms with E-state index in [0.29, 0.717) is 12.8 Å². The molecule has 8 aliphatic rings. The summed E-state index contributed by atoms with van der Waals surface area (Å²) in [6, 6.07) is 0. The Labute approximate surface area is 382 Å². The Bertz CT molecular complexity index is 1790. The third-order valence-electron chi connectivity index (χ3n) is 18.8. The van der Waals surface area contributed by atoms with Gasteiger partial charge in [-0.2, -0.15) is 0 Å². The van der Waals surface area contributed by atoms with Gasteiger partial charge in [0.1, 0.15) is 67.1 Å². The average molecular weight is 927 g/mol. The fourth-order valence-electron chi connectivity index (χ4n) is 14.4. The van der Waals surface area contributed by atoms with Crippen LogP contribution < -0.4 is 0 Å². The first-order valence-electron chi connectivity index (χ1n) is 24.0. The summed E-state index contributed by atoms with van der Waals surface area (Å²) >= 11 is 0. The van der Waals surface area contributed by atoms with Crippen molar-refractivity contribution in [2.45, 2.75) is 211 Å². The number of aliphatic hydroxyl groups is 11. The number of ether oxygens (including phenoxy) is 6. The van der Waals surface area contributed by atoms with Gasteiger partial charge in [-0.25, -0.2) is 0 Å². The lowest BCUT2D eigenvalue weighted by molar-refractivity contribution is -0.373. The van der Waals surface area contributed by atoms with Crippen LogP contribution in [0.15, 0.2) is 23.3 Å². The average Bonchev–Trinajstić information content (AvgIpc) is 3.24. The summed E-state index contributed by atoms with van der Waals surface area (Å²) in [5.74, 6) is 0.308. The molecule has 3 aliphatic heterocycles. The van der Waals surface area contributed by atoms with Crippen molar-refractivity contribution in [2.24, 2.45) is 44.3 Å². The van der Waals surface area contributed by atoms with Gasteiger partial charge in [-0.15, -0.1) is 0 Å². The molecule has 11 N–H and O–H groups in total. The molecular formula is C48H78O17. The molecule has 5 aliphatic carbocycles. The summed E-state index contributed by atoms with van der Waals surface area (Å²) in [7, 11) is 0. The first kappa shape index (κ1) is 50.2. The lowest BCUT2D eigenvalue weighted by atomic mass is 9.35. The third kappa shape index (κ3) is 7.87. The molecule has 23 atom stereocenters. The van der Waals surface area contributed by atoms with Gasteiger partial charge in [0.2, 0.25) is 0 Å². The summed E-state index contributed by atoms with van der Waals surface area (Å²) in [6.07, 6.45) is -13.2. The molecule has 3 heterocycles. The van der Waals surface area contributed by atoms with Crippen LogP contribution in [0.25, 0.3) is 0 Å². The highest BCUT2D eigenvalue weighted by Crippen LogP contribution is 2.74. The van der Waals surface area contributed by atoms with E-state index in [9.17, 15) is 56.2 Å². The van der Waals surface area contributed by atoms with E-state index in [1.165, 1.54) is 18.1 Å². The predicted octanol–water partition coefficient (Wildman–Crippen LogP) is 0.532. The normalized spacial score (nSPS) is 54.0. The Morgan fingerprint density at radius 1 is 0.662 bits per heavy atom. The van der Waals surface area contributed by atoms with Crippen LogP contribution in [0.3, 0.4) is 0 Å². The Kier molecular flexibility index (Phi) is 13.6. The number of fused-ring (bicyclic) bond motifs is 6. The van der Waals surface area contributed by atoms with Gasteiger partial charge >= 0.3 is 0 Å². The van der Waals surface area contributed by atoms with Gasteiger partial charge in [0.05, 0.1) is 38.1 Å². The van der Waals surface area contributed by atoms with Gasteiger partial charge in [-0.3, -0.25) is 0 Å². The lowest BCUT2D eigenvalue weighted by Gasteiger charge is -2.70. The first-order valence-corrected chi connectivity index (χ1v) is 24.0. The van der Waals surface area contributed by atoms with Crippen molar-refractivity contribution in [1.82, 2.24) is 0 Å².